The summed E-state index contributed by atoms with van der Waals surface area (Å²) in [5, 5.41) is 0.583. The molecule has 0 saturated heterocycles. The third kappa shape index (κ3) is 3.73. The van der Waals surface area contributed by atoms with Gasteiger partial charge in [0.2, 0.25) is 0 Å². The molecule has 148 valence electrons. The summed E-state index contributed by atoms with van der Waals surface area (Å²) in [6.07, 6.45) is 0.738. The van der Waals surface area contributed by atoms with Crippen LogP contribution in [0.4, 0.5) is 0 Å². The summed E-state index contributed by atoms with van der Waals surface area (Å²) in [7, 11) is 0. The lowest BCUT2D eigenvalue weighted by molar-refractivity contribution is 0.300. The van der Waals surface area contributed by atoms with E-state index in [9.17, 15) is 9.59 Å². The molecular formula is C21H19ClN4O3. The normalized spacial score (nSPS) is 11.3. The molecule has 0 radical (unpaired) electrons. The Hall–Kier alpha value is -3.19. The van der Waals surface area contributed by atoms with E-state index >= 15 is 0 Å². The van der Waals surface area contributed by atoms with Crippen LogP contribution in [0.3, 0.4) is 0 Å². The van der Waals surface area contributed by atoms with E-state index in [1.165, 1.54) is 0 Å². The fourth-order valence-electron chi connectivity index (χ4n) is 3.25. The fourth-order valence-corrected chi connectivity index (χ4v) is 3.54. The number of aromatic amines is 1. The molecule has 29 heavy (non-hydrogen) atoms. The molecular weight excluding hydrogens is 392 g/mol. The third-order valence-electron chi connectivity index (χ3n) is 4.76. The van der Waals surface area contributed by atoms with E-state index in [-0.39, 0.29) is 11.5 Å². The third-order valence-corrected chi connectivity index (χ3v) is 5.11. The molecule has 1 N–H and O–H groups in total. The van der Waals surface area contributed by atoms with Crippen molar-refractivity contribution in [2.45, 2.75) is 26.8 Å². The van der Waals surface area contributed by atoms with Gasteiger partial charge in [0.05, 0.1) is 17.6 Å². The summed E-state index contributed by atoms with van der Waals surface area (Å²) in [5.41, 5.74) is 2.19. The van der Waals surface area contributed by atoms with E-state index in [0.29, 0.717) is 23.7 Å². The van der Waals surface area contributed by atoms with Gasteiger partial charge in [-0.2, -0.15) is 4.98 Å². The van der Waals surface area contributed by atoms with Gasteiger partial charge in [0.15, 0.2) is 11.5 Å². The predicted octanol–water partition coefficient (Wildman–Crippen LogP) is 3.19. The van der Waals surface area contributed by atoms with Crippen LogP contribution in [0.25, 0.3) is 22.6 Å². The Bertz CT molecular complexity index is 1280. The summed E-state index contributed by atoms with van der Waals surface area (Å²) in [6, 6.07) is 11.4. The molecule has 0 aromatic heterocycles. The number of benzene rings is 2. The lowest BCUT2D eigenvalue weighted by Crippen LogP contribution is -2.29. The SMILES string of the molecule is CCc1cc2c(cc1Cl)nc1c(=O)[nH]c(=O)nc-1n2CCOc1ccc(C)cc1. The van der Waals surface area contributed by atoms with Gasteiger partial charge in [-0.05, 0) is 43.2 Å². The predicted molar refractivity (Wildman–Crippen MR) is 112 cm³/mol. The Kier molecular flexibility index (Phi) is 5.07. The van der Waals surface area contributed by atoms with Crippen molar-refractivity contribution in [2.75, 3.05) is 6.61 Å². The highest BCUT2D eigenvalue weighted by atomic mass is 35.5. The molecule has 7 nitrogen and oxygen atoms in total. The Balaban J connectivity index is 1.82. The van der Waals surface area contributed by atoms with Gasteiger partial charge in [-0.25, -0.2) is 9.78 Å². The smallest absolute Gasteiger partial charge is 0.349 e. The van der Waals surface area contributed by atoms with E-state index in [1.807, 2.05) is 44.2 Å². The van der Waals surface area contributed by atoms with Gasteiger partial charge < -0.3 is 9.30 Å². The number of ether oxygens (including phenoxy) is 1. The number of fused-ring (bicyclic) bond motifs is 2. The number of nitrogens with one attached hydrogen (secondary N) is 1. The van der Waals surface area contributed by atoms with Crippen LogP contribution in [0.2, 0.25) is 5.02 Å². The number of hydrogen-bond donors (Lipinski definition) is 1. The van der Waals surface area contributed by atoms with E-state index in [0.717, 1.165) is 28.8 Å². The summed E-state index contributed by atoms with van der Waals surface area (Å²) >= 11 is 6.34. The van der Waals surface area contributed by atoms with Crippen LogP contribution >= 0.6 is 11.6 Å². The monoisotopic (exact) mass is 410 g/mol. The number of halogens is 1. The second kappa shape index (κ2) is 7.67. The summed E-state index contributed by atoms with van der Waals surface area (Å²) in [5.74, 6) is 0.967. The fraction of sp³-hybridized carbons (Fsp3) is 0.238. The molecule has 4 rings (SSSR count). The van der Waals surface area contributed by atoms with Crippen molar-refractivity contribution in [3.8, 4) is 17.3 Å². The van der Waals surface area contributed by atoms with Gasteiger partial charge in [0, 0.05) is 5.02 Å². The Labute approximate surface area is 171 Å². The average molecular weight is 411 g/mol. The average Bonchev–Trinajstić information content (AvgIpc) is 2.69. The first-order valence-electron chi connectivity index (χ1n) is 9.28. The Morgan fingerprint density at radius 1 is 1.14 bits per heavy atom. The first kappa shape index (κ1) is 19.1. The minimum absolute atomic E-state index is 0.0905. The molecule has 2 aromatic carbocycles. The van der Waals surface area contributed by atoms with E-state index in [1.54, 1.807) is 10.6 Å². The first-order chi connectivity index (χ1) is 14.0. The first-order valence-corrected chi connectivity index (χ1v) is 9.66. The lowest BCUT2D eigenvalue weighted by atomic mass is 10.1. The van der Waals surface area contributed by atoms with Gasteiger partial charge in [0.1, 0.15) is 12.4 Å². The second-order valence-corrected chi connectivity index (χ2v) is 7.16. The topological polar surface area (TPSA) is 89.9 Å². The Morgan fingerprint density at radius 3 is 2.62 bits per heavy atom. The van der Waals surface area contributed by atoms with Crippen molar-refractivity contribution in [3.05, 3.63) is 73.4 Å². The number of rotatable bonds is 5. The van der Waals surface area contributed by atoms with Gasteiger partial charge in [-0.1, -0.05) is 36.2 Å². The van der Waals surface area contributed by atoms with Crippen molar-refractivity contribution in [2.24, 2.45) is 0 Å². The number of hydrogen-bond acceptors (Lipinski definition) is 5. The Morgan fingerprint density at radius 2 is 1.90 bits per heavy atom. The van der Waals surface area contributed by atoms with Crippen LogP contribution in [0.5, 0.6) is 5.75 Å². The minimum Gasteiger partial charge on any atom is -0.492 e. The van der Waals surface area contributed by atoms with Gasteiger partial charge >= 0.3 is 5.69 Å². The number of aromatic nitrogens is 4. The summed E-state index contributed by atoms with van der Waals surface area (Å²) in [6.45, 7) is 4.72. The lowest BCUT2D eigenvalue weighted by Gasteiger charge is -2.18. The molecule has 0 amide bonds. The van der Waals surface area contributed by atoms with Crippen LogP contribution in [0.1, 0.15) is 18.1 Å². The van der Waals surface area contributed by atoms with Crippen molar-refractivity contribution >= 4 is 22.6 Å². The van der Waals surface area contributed by atoms with Crippen LogP contribution in [-0.4, -0.2) is 26.1 Å². The number of H-pyrrole nitrogens is 1. The summed E-state index contributed by atoms with van der Waals surface area (Å²) in [4.78, 5) is 34.7. The number of aryl methyl sites for hydroxylation is 2. The molecule has 0 aliphatic carbocycles. The van der Waals surface area contributed by atoms with E-state index in [4.69, 9.17) is 16.3 Å². The zero-order chi connectivity index (χ0) is 20.5. The van der Waals surface area contributed by atoms with Crippen molar-refractivity contribution in [1.82, 2.24) is 19.5 Å². The van der Waals surface area contributed by atoms with Crippen LogP contribution in [0, 0.1) is 6.92 Å². The molecule has 0 fully saturated rings. The van der Waals surface area contributed by atoms with Crippen LogP contribution in [0.15, 0.2) is 46.0 Å². The maximum atomic E-state index is 12.3. The zero-order valence-electron chi connectivity index (χ0n) is 16.0. The maximum Gasteiger partial charge on any atom is 0.349 e. The minimum atomic E-state index is -0.707. The summed E-state index contributed by atoms with van der Waals surface area (Å²) < 4.78 is 7.63. The van der Waals surface area contributed by atoms with E-state index < -0.39 is 11.2 Å². The van der Waals surface area contributed by atoms with E-state index in [2.05, 4.69) is 15.0 Å². The molecule has 2 aliphatic rings. The molecule has 0 bridgehead atoms. The maximum absolute atomic E-state index is 12.3. The quantitative estimate of drug-likeness (QED) is 0.510. The van der Waals surface area contributed by atoms with Crippen LogP contribution < -0.4 is 16.0 Å². The van der Waals surface area contributed by atoms with Gasteiger partial charge in [-0.3, -0.25) is 9.78 Å². The zero-order valence-corrected chi connectivity index (χ0v) is 16.8. The van der Waals surface area contributed by atoms with Crippen molar-refractivity contribution in [3.63, 3.8) is 0 Å². The molecule has 0 unspecified atom stereocenters. The largest absolute Gasteiger partial charge is 0.492 e. The second-order valence-electron chi connectivity index (χ2n) is 6.75. The van der Waals surface area contributed by atoms with Gasteiger partial charge in [-0.15, -0.1) is 0 Å². The standard InChI is InChI=1S/C21H19ClN4O3/c1-3-13-10-17-16(11-15(13)22)23-18-19(24-21(28)25-20(18)27)26(17)8-9-29-14-6-4-12(2)5-7-14/h4-7,10-11H,3,8-9H2,1-2H3,(H,25,27,28). The van der Waals surface area contributed by atoms with Crippen molar-refractivity contribution < 1.29 is 4.74 Å². The molecule has 0 spiro atoms. The molecule has 0 atom stereocenters. The highest BCUT2D eigenvalue weighted by Gasteiger charge is 2.19. The van der Waals surface area contributed by atoms with Crippen molar-refractivity contribution in [1.29, 1.82) is 0 Å². The molecule has 2 aromatic rings. The van der Waals surface area contributed by atoms with Crippen LogP contribution in [-0.2, 0) is 13.0 Å². The molecule has 2 heterocycles. The molecule has 8 heteroatoms. The highest BCUT2D eigenvalue weighted by Crippen LogP contribution is 2.27. The molecule has 0 saturated carbocycles. The molecule has 2 aliphatic heterocycles. The number of nitrogens with zero attached hydrogens (tertiary/aromatic N) is 3. The van der Waals surface area contributed by atoms with Gasteiger partial charge in [0.25, 0.3) is 5.56 Å². The highest BCUT2D eigenvalue weighted by molar-refractivity contribution is 6.32.